The number of benzene rings is 3. The zero-order valence-corrected chi connectivity index (χ0v) is 32.2. The summed E-state index contributed by atoms with van der Waals surface area (Å²) in [6, 6.07) is 30.3. The summed E-state index contributed by atoms with van der Waals surface area (Å²) in [4.78, 5) is 49.4. The smallest absolute Gasteiger partial charge is 0.465 e. The van der Waals surface area contributed by atoms with Crippen LogP contribution in [0, 0.1) is 0 Å². The Kier molecular flexibility index (Phi) is 17.1. The topological polar surface area (TPSA) is 137 Å². The van der Waals surface area contributed by atoms with Crippen LogP contribution in [0.2, 0.25) is 0 Å². The van der Waals surface area contributed by atoms with Gasteiger partial charge in [-0.1, -0.05) is 0 Å². The average molecular weight is 793 g/mol. The molecule has 3 aromatic carbocycles. The maximum atomic E-state index is 13.0. The number of amides is 2. The molecule has 3 rings (SSSR count). The Balaban J connectivity index is 1.63. The molecule has 0 aromatic heterocycles. The van der Waals surface area contributed by atoms with Gasteiger partial charge < -0.3 is 15.2 Å². The van der Waals surface area contributed by atoms with E-state index in [1.54, 1.807) is 24.6 Å². The maximum absolute atomic E-state index is 13.0. The number of nitrogens with two attached hydrogens (primary N) is 1. The normalized spacial score (nSPS) is 13.3. The fraction of sp³-hybridized carbons (Fsp3) is 0.389. The van der Waals surface area contributed by atoms with Crippen LogP contribution in [-0.2, 0) is 28.7 Å². The number of hydrogen-bond donors (Lipinski definition) is 3. The first-order valence-corrected chi connectivity index (χ1v) is 23.4. The van der Waals surface area contributed by atoms with Crippen LogP contribution in [0.1, 0.15) is 39.5 Å². The molecule has 0 aliphatic rings. The first-order chi connectivity index (χ1) is 23.6. The predicted octanol–water partition coefficient (Wildman–Crippen LogP) is 4.82. The van der Waals surface area contributed by atoms with E-state index in [0.717, 1.165) is 24.8 Å². The first kappa shape index (κ1) is 40.5. The van der Waals surface area contributed by atoms with Gasteiger partial charge in [0, 0.05) is 0 Å². The van der Waals surface area contributed by atoms with Gasteiger partial charge in [-0.15, -0.1) is 0 Å². The quantitative estimate of drug-likeness (QED) is 0.0601. The van der Waals surface area contributed by atoms with Crippen molar-refractivity contribution in [3.05, 3.63) is 91.0 Å². The van der Waals surface area contributed by atoms with Crippen LogP contribution in [-0.4, -0.2) is 73.3 Å². The van der Waals surface area contributed by atoms with Crippen molar-refractivity contribution in [1.29, 1.82) is 0 Å². The summed E-state index contributed by atoms with van der Waals surface area (Å²) < 4.78 is 9.81. The minimum atomic E-state index is -2.99. The number of rotatable bonds is 21. The van der Waals surface area contributed by atoms with Crippen molar-refractivity contribution in [2.24, 2.45) is 5.73 Å². The van der Waals surface area contributed by atoms with Crippen molar-refractivity contribution in [2.45, 2.75) is 51.6 Å². The van der Waals surface area contributed by atoms with E-state index < -0.39 is 41.1 Å². The molecular formula is C36H47BrN3O6PS2. The Morgan fingerprint density at radius 1 is 0.796 bits per heavy atom. The molecule has 9 nitrogen and oxygen atoms in total. The van der Waals surface area contributed by atoms with Gasteiger partial charge in [0.05, 0.1) is 13.2 Å². The zero-order chi connectivity index (χ0) is 35.6. The summed E-state index contributed by atoms with van der Waals surface area (Å²) in [7, 11) is 3.12. The number of nitrogens with one attached hydrogen (secondary N) is 2. The number of carbonyl (C=O) groups is 4. The van der Waals surface area contributed by atoms with E-state index in [9.17, 15) is 19.2 Å². The number of esters is 2. The molecule has 0 bridgehead atoms. The third-order valence-corrected chi connectivity index (χ3v) is 20.4. The zero-order valence-electron chi connectivity index (χ0n) is 28.1. The van der Waals surface area contributed by atoms with Gasteiger partial charge >= 0.3 is 249 Å². The van der Waals surface area contributed by atoms with Crippen LogP contribution in [0.25, 0.3) is 0 Å². The van der Waals surface area contributed by atoms with E-state index in [1.165, 1.54) is 26.7 Å². The van der Waals surface area contributed by atoms with Crippen LogP contribution >= 0.6 is 42.4 Å². The fourth-order valence-electron chi connectivity index (χ4n) is 5.39. The number of carbonyl (C=O) groups excluding carboxylic acids is 4. The second kappa shape index (κ2) is 20.7. The summed E-state index contributed by atoms with van der Waals surface area (Å²) in [6.07, 6.45) is 2.85. The van der Waals surface area contributed by atoms with Crippen molar-refractivity contribution in [3.8, 4) is 0 Å². The molecule has 266 valence electrons. The van der Waals surface area contributed by atoms with Gasteiger partial charge in [-0.05, 0) is 13.8 Å². The van der Waals surface area contributed by atoms with Crippen molar-refractivity contribution in [1.82, 2.24) is 10.6 Å². The monoisotopic (exact) mass is 791 g/mol. The van der Waals surface area contributed by atoms with Crippen molar-refractivity contribution in [3.63, 3.8) is 0 Å². The summed E-state index contributed by atoms with van der Waals surface area (Å²) >= 11 is 4.50. The molecule has 4 N–H and O–H groups in total. The van der Waals surface area contributed by atoms with Crippen molar-refractivity contribution < 1.29 is 28.7 Å². The number of ether oxygens (including phenoxy) is 2. The van der Waals surface area contributed by atoms with Crippen LogP contribution in [0.4, 0.5) is 0 Å². The molecule has 0 fully saturated rings. The Morgan fingerprint density at radius 2 is 1.33 bits per heavy atom. The van der Waals surface area contributed by atoms with Gasteiger partial charge in [-0.3, -0.25) is 9.59 Å². The second-order valence-corrected chi connectivity index (χ2v) is 23.0. The molecule has 0 aliphatic heterocycles. The molecule has 2 amide bonds. The Labute approximate surface area is 305 Å². The summed E-state index contributed by atoms with van der Waals surface area (Å²) in [5.41, 5.74) is 5.83. The van der Waals surface area contributed by atoms with Gasteiger partial charge in [0.2, 0.25) is 0 Å². The fourth-order valence-corrected chi connectivity index (χ4v) is 15.5. The van der Waals surface area contributed by atoms with Crippen molar-refractivity contribution >= 4 is 82.0 Å². The molecule has 13 heteroatoms. The van der Waals surface area contributed by atoms with Crippen molar-refractivity contribution in [2.75, 3.05) is 37.4 Å². The van der Waals surface area contributed by atoms with Gasteiger partial charge in [-0.25, -0.2) is 0 Å². The summed E-state index contributed by atoms with van der Waals surface area (Å²) in [6.45, 7) is 3.46. The number of halogens is 1. The van der Waals surface area contributed by atoms with Crippen LogP contribution in [0.3, 0.4) is 0 Å². The standard InChI is InChI=1S/C36H47BrN3O6PS2/c1-3-45-34(42)26-39-35(43)32(40-33(41)23-22-31(38)36(44)46-4-2)27-49-48-25-15-14-24-47(37,28-16-8-5-9-17-28,29-18-10-6-11-19-29)30-20-12-7-13-21-30/h5-13,16-21,31-32H,3-4,14-15,22-27,38H2,1-2H3,(H,39,43)(H,40,41)/t31-,32-/m0/s1. The molecular weight excluding hydrogens is 745 g/mol. The molecule has 0 heterocycles. The van der Waals surface area contributed by atoms with Gasteiger partial charge in [0.25, 0.3) is 0 Å². The minimum absolute atomic E-state index is 0.0534. The molecule has 0 aliphatic carbocycles. The third-order valence-electron chi connectivity index (χ3n) is 7.89. The van der Waals surface area contributed by atoms with E-state index in [2.05, 4.69) is 98.9 Å². The van der Waals surface area contributed by atoms with Gasteiger partial charge in [0.1, 0.15) is 6.04 Å². The van der Waals surface area contributed by atoms with Crippen LogP contribution in [0.5, 0.6) is 0 Å². The molecule has 0 unspecified atom stereocenters. The van der Waals surface area contributed by atoms with Gasteiger partial charge in [-0.2, -0.15) is 0 Å². The van der Waals surface area contributed by atoms with E-state index in [0.29, 0.717) is 0 Å². The summed E-state index contributed by atoms with van der Waals surface area (Å²) in [5, 5.41) is 6.13. The van der Waals surface area contributed by atoms with E-state index in [1.807, 2.05) is 18.2 Å². The van der Waals surface area contributed by atoms with Crippen LogP contribution < -0.4 is 32.3 Å². The summed E-state index contributed by atoms with van der Waals surface area (Å²) in [5.74, 6) is -0.934. The Morgan fingerprint density at radius 3 is 1.84 bits per heavy atom. The second-order valence-electron chi connectivity index (χ2n) is 11.3. The Hall–Kier alpha value is -2.89. The van der Waals surface area contributed by atoms with E-state index >= 15 is 0 Å². The molecule has 49 heavy (non-hydrogen) atoms. The minimum Gasteiger partial charge on any atom is -0.465 e. The van der Waals surface area contributed by atoms with E-state index in [4.69, 9.17) is 15.2 Å². The first-order valence-electron chi connectivity index (χ1n) is 16.4. The molecule has 0 saturated heterocycles. The average Bonchev–Trinajstić information content (AvgIpc) is 3.13. The number of hydrogen-bond acceptors (Lipinski definition) is 9. The van der Waals surface area contributed by atoms with Crippen LogP contribution in [0.15, 0.2) is 91.0 Å². The number of unbranched alkanes of at least 4 members (excludes halogenated alkanes) is 1. The van der Waals surface area contributed by atoms with E-state index in [-0.39, 0.29) is 38.4 Å². The molecule has 3 aromatic rings. The third kappa shape index (κ3) is 11.6. The molecule has 0 radical (unpaired) electrons. The predicted molar refractivity (Wildman–Crippen MR) is 209 cm³/mol. The molecule has 0 spiro atoms. The molecule has 2 atom stereocenters. The van der Waals surface area contributed by atoms with Gasteiger partial charge in [0.15, 0.2) is 0 Å². The Bertz CT molecular complexity index is 1390. The SMILES string of the molecule is CCOC(=O)CNC(=O)[C@H](CSSCCCCP(Br)(c1ccccc1)(c1ccccc1)c1ccccc1)NC(=O)CC[C@H](N)C(=O)OCC. The molecule has 0 saturated carbocycles.